The number of fused-ring (bicyclic) bond motifs is 5. The maximum absolute atomic E-state index is 12.4. The SMILES string of the molecule is CN1C(=O)C2C3OC(C2C1=O)C(C(C)(C)C)C3C(C)(C)C. The molecule has 2 amide bonds. The summed E-state index contributed by atoms with van der Waals surface area (Å²) >= 11 is 0. The summed E-state index contributed by atoms with van der Waals surface area (Å²) in [4.78, 5) is 26.2. The van der Waals surface area contributed by atoms with E-state index in [1.807, 2.05) is 0 Å². The van der Waals surface area contributed by atoms with Crippen molar-refractivity contribution in [1.82, 2.24) is 4.90 Å². The fourth-order valence-electron chi connectivity index (χ4n) is 4.99. The molecule has 3 rings (SSSR count). The van der Waals surface area contributed by atoms with E-state index in [0.29, 0.717) is 11.8 Å². The molecule has 4 heteroatoms. The molecule has 0 aromatic rings. The van der Waals surface area contributed by atoms with E-state index in [1.165, 1.54) is 4.90 Å². The Balaban J connectivity index is 2.07. The van der Waals surface area contributed by atoms with Gasteiger partial charge in [0.05, 0.1) is 24.0 Å². The van der Waals surface area contributed by atoms with Crippen molar-refractivity contribution >= 4 is 11.8 Å². The Hall–Kier alpha value is -0.900. The Bertz CT molecular complexity index is 455. The molecule has 3 aliphatic heterocycles. The lowest BCUT2D eigenvalue weighted by Gasteiger charge is -2.46. The van der Waals surface area contributed by atoms with Crippen molar-refractivity contribution < 1.29 is 14.3 Å². The van der Waals surface area contributed by atoms with Crippen LogP contribution in [0.2, 0.25) is 0 Å². The number of carbonyl (C=O) groups is 2. The molecule has 6 atom stereocenters. The van der Waals surface area contributed by atoms with Crippen molar-refractivity contribution in [1.29, 1.82) is 0 Å². The number of imide groups is 1. The summed E-state index contributed by atoms with van der Waals surface area (Å²) in [6, 6.07) is 0. The van der Waals surface area contributed by atoms with E-state index in [0.717, 1.165) is 0 Å². The summed E-state index contributed by atoms with van der Waals surface area (Å²) in [6.07, 6.45) is -0.212. The lowest BCUT2D eigenvalue weighted by Crippen LogP contribution is -2.50. The fraction of sp³-hybridized carbons (Fsp3) is 0.882. The van der Waals surface area contributed by atoms with E-state index < -0.39 is 0 Å². The van der Waals surface area contributed by atoms with Crippen LogP contribution in [-0.4, -0.2) is 36.0 Å². The Morgan fingerprint density at radius 1 is 0.810 bits per heavy atom. The van der Waals surface area contributed by atoms with E-state index in [4.69, 9.17) is 4.74 Å². The predicted molar refractivity (Wildman–Crippen MR) is 79.3 cm³/mol. The quantitative estimate of drug-likeness (QED) is 0.644. The van der Waals surface area contributed by atoms with Crippen molar-refractivity contribution in [2.24, 2.45) is 34.5 Å². The summed E-state index contributed by atoms with van der Waals surface area (Å²) in [5, 5.41) is 0. The smallest absolute Gasteiger partial charge is 0.235 e. The molecule has 2 bridgehead atoms. The molecule has 0 aromatic carbocycles. The number of hydrogen-bond acceptors (Lipinski definition) is 3. The van der Waals surface area contributed by atoms with Gasteiger partial charge in [0.15, 0.2) is 0 Å². The van der Waals surface area contributed by atoms with Gasteiger partial charge in [-0.25, -0.2) is 0 Å². The van der Waals surface area contributed by atoms with Crippen molar-refractivity contribution in [3.05, 3.63) is 0 Å². The Morgan fingerprint density at radius 2 is 1.14 bits per heavy atom. The number of carbonyl (C=O) groups excluding carboxylic acids is 2. The first kappa shape index (κ1) is 15.0. The molecule has 0 aliphatic carbocycles. The van der Waals surface area contributed by atoms with Crippen molar-refractivity contribution in [3.8, 4) is 0 Å². The Labute approximate surface area is 127 Å². The van der Waals surface area contributed by atoms with Crippen LogP contribution < -0.4 is 0 Å². The second kappa shape index (κ2) is 4.09. The molecule has 3 aliphatic rings. The van der Waals surface area contributed by atoms with Crippen LogP contribution in [0.3, 0.4) is 0 Å². The van der Waals surface area contributed by atoms with Gasteiger partial charge in [0.1, 0.15) is 0 Å². The van der Waals surface area contributed by atoms with Crippen LogP contribution in [0.5, 0.6) is 0 Å². The first-order valence-electron chi connectivity index (χ1n) is 7.93. The highest BCUT2D eigenvalue weighted by Crippen LogP contribution is 2.62. The third-order valence-electron chi connectivity index (χ3n) is 5.74. The topological polar surface area (TPSA) is 46.6 Å². The highest BCUT2D eigenvalue weighted by atomic mass is 16.5. The van der Waals surface area contributed by atoms with Crippen LogP contribution >= 0.6 is 0 Å². The van der Waals surface area contributed by atoms with Crippen LogP contribution in [0.25, 0.3) is 0 Å². The molecule has 0 spiro atoms. The molecule has 0 radical (unpaired) electrons. The van der Waals surface area contributed by atoms with Crippen molar-refractivity contribution in [3.63, 3.8) is 0 Å². The normalized spacial score (nSPS) is 42.9. The van der Waals surface area contributed by atoms with Crippen LogP contribution in [0.1, 0.15) is 41.5 Å². The first-order chi connectivity index (χ1) is 9.46. The highest BCUT2D eigenvalue weighted by molar-refractivity contribution is 6.06. The van der Waals surface area contributed by atoms with E-state index in [1.54, 1.807) is 7.05 Å². The fourth-order valence-corrected chi connectivity index (χ4v) is 4.99. The maximum Gasteiger partial charge on any atom is 0.235 e. The molecule has 3 heterocycles. The number of hydrogen-bond donors (Lipinski definition) is 0. The number of ether oxygens (including phenoxy) is 1. The van der Waals surface area contributed by atoms with Gasteiger partial charge in [-0.15, -0.1) is 0 Å². The largest absolute Gasteiger partial charge is 0.373 e. The van der Waals surface area contributed by atoms with Gasteiger partial charge in [-0.3, -0.25) is 14.5 Å². The monoisotopic (exact) mass is 293 g/mol. The molecule has 0 aromatic heterocycles. The third kappa shape index (κ3) is 1.84. The maximum atomic E-state index is 12.4. The second-order valence-corrected chi connectivity index (χ2v) is 9.14. The first-order valence-corrected chi connectivity index (χ1v) is 7.93. The van der Waals surface area contributed by atoms with Crippen LogP contribution in [0.4, 0.5) is 0 Å². The molecule has 21 heavy (non-hydrogen) atoms. The predicted octanol–water partition coefficient (Wildman–Crippen LogP) is 2.32. The summed E-state index contributed by atoms with van der Waals surface area (Å²) in [7, 11) is 1.61. The standard InChI is InChI=1S/C17H27NO3/c1-16(2,3)10-11(17(4,5)6)13-9-8(12(10)21-13)14(19)18(7)15(9)20/h8-13H,1-7H3. The van der Waals surface area contributed by atoms with Gasteiger partial charge >= 0.3 is 0 Å². The highest BCUT2D eigenvalue weighted by Gasteiger charge is 2.70. The molecule has 3 saturated heterocycles. The Kier molecular flexibility index (Phi) is 2.93. The van der Waals surface area contributed by atoms with Crippen LogP contribution in [0.15, 0.2) is 0 Å². The van der Waals surface area contributed by atoms with Crippen molar-refractivity contribution in [2.75, 3.05) is 7.05 Å². The van der Waals surface area contributed by atoms with Crippen molar-refractivity contribution in [2.45, 2.75) is 53.8 Å². The lowest BCUT2D eigenvalue weighted by atomic mass is 9.55. The minimum Gasteiger partial charge on any atom is -0.373 e. The number of nitrogens with zero attached hydrogens (tertiary/aromatic N) is 1. The minimum atomic E-state index is -0.254. The van der Waals surface area contributed by atoms with E-state index >= 15 is 0 Å². The molecule has 118 valence electrons. The van der Waals surface area contributed by atoms with Gasteiger partial charge in [0, 0.05) is 7.05 Å². The zero-order chi connectivity index (χ0) is 15.9. The summed E-state index contributed by atoms with van der Waals surface area (Å²) < 4.78 is 6.24. The van der Waals surface area contributed by atoms with Gasteiger partial charge in [-0.05, 0) is 22.7 Å². The van der Waals surface area contributed by atoms with Crippen LogP contribution in [0, 0.1) is 34.5 Å². The van der Waals surface area contributed by atoms with E-state index in [2.05, 4.69) is 41.5 Å². The van der Waals surface area contributed by atoms with Gasteiger partial charge in [-0.1, -0.05) is 41.5 Å². The zero-order valence-electron chi connectivity index (χ0n) is 14.1. The average Bonchev–Trinajstić information content (AvgIpc) is 2.93. The van der Waals surface area contributed by atoms with E-state index in [-0.39, 0.29) is 46.7 Å². The summed E-state index contributed by atoms with van der Waals surface area (Å²) in [6.45, 7) is 13.3. The van der Waals surface area contributed by atoms with Crippen LogP contribution in [-0.2, 0) is 14.3 Å². The molecule has 0 N–H and O–H groups in total. The number of rotatable bonds is 0. The second-order valence-electron chi connectivity index (χ2n) is 9.14. The third-order valence-corrected chi connectivity index (χ3v) is 5.74. The summed E-state index contributed by atoms with van der Waals surface area (Å²) in [5.41, 5.74) is 0.125. The summed E-state index contributed by atoms with van der Waals surface area (Å²) in [5.74, 6) is 0.0304. The lowest BCUT2D eigenvalue weighted by molar-refractivity contribution is -0.141. The molecule has 3 fully saturated rings. The zero-order valence-corrected chi connectivity index (χ0v) is 14.1. The van der Waals surface area contributed by atoms with Gasteiger partial charge in [0.2, 0.25) is 11.8 Å². The molecule has 6 unspecified atom stereocenters. The van der Waals surface area contributed by atoms with Gasteiger partial charge in [0.25, 0.3) is 0 Å². The number of amides is 2. The van der Waals surface area contributed by atoms with E-state index in [9.17, 15) is 9.59 Å². The molecule has 4 nitrogen and oxygen atoms in total. The molecule has 0 saturated carbocycles. The molecular formula is C17H27NO3. The van der Waals surface area contributed by atoms with Gasteiger partial charge < -0.3 is 4.74 Å². The molecular weight excluding hydrogens is 266 g/mol. The Morgan fingerprint density at radius 3 is 1.43 bits per heavy atom. The average molecular weight is 293 g/mol. The van der Waals surface area contributed by atoms with Gasteiger partial charge in [-0.2, -0.15) is 0 Å². The minimum absolute atomic E-state index is 0.0425. The number of likely N-dealkylation sites (tertiary alicyclic amines) is 1.